The molecule has 20 heavy (non-hydrogen) atoms. The van der Waals surface area contributed by atoms with Crippen LogP contribution in [0.2, 0.25) is 0 Å². The van der Waals surface area contributed by atoms with Crippen LogP contribution in [0.5, 0.6) is 0 Å². The van der Waals surface area contributed by atoms with Crippen molar-refractivity contribution in [2.45, 2.75) is 39.2 Å². The van der Waals surface area contributed by atoms with Crippen LogP contribution in [0.4, 0.5) is 0 Å². The number of hydrogen-bond acceptors (Lipinski definition) is 5. The molecular weight excluding hydrogens is 260 g/mol. The summed E-state index contributed by atoms with van der Waals surface area (Å²) in [6.45, 7) is 3.78. The lowest BCUT2D eigenvalue weighted by Crippen LogP contribution is -2.31. The SMILES string of the molecule is CCC(C)C(N=C1CC(CO)CC(N)=C1OC)C(=O)O. The summed E-state index contributed by atoms with van der Waals surface area (Å²) < 4.78 is 5.25. The standard InChI is InChI=1S/C14H24N2O4/c1-4-8(2)12(14(18)19)16-11-6-9(7-17)5-10(15)13(11)20-3/h8-9,12,17H,4-7,15H2,1-3H3,(H,18,19). The van der Waals surface area contributed by atoms with Gasteiger partial charge in [-0.1, -0.05) is 20.3 Å². The van der Waals surface area contributed by atoms with Crippen molar-refractivity contribution < 1.29 is 19.7 Å². The average Bonchev–Trinajstić information content (AvgIpc) is 2.42. The van der Waals surface area contributed by atoms with Crippen molar-refractivity contribution in [1.82, 2.24) is 0 Å². The molecule has 0 aromatic heterocycles. The van der Waals surface area contributed by atoms with Crippen LogP contribution in [-0.2, 0) is 9.53 Å². The van der Waals surface area contributed by atoms with Crippen molar-refractivity contribution in [2.24, 2.45) is 22.6 Å². The van der Waals surface area contributed by atoms with Gasteiger partial charge in [-0.05, 0) is 24.7 Å². The normalized spacial score (nSPS) is 24.6. The molecule has 3 unspecified atom stereocenters. The lowest BCUT2D eigenvalue weighted by atomic mass is 9.89. The van der Waals surface area contributed by atoms with Crippen LogP contribution < -0.4 is 5.73 Å². The number of carbonyl (C=O) groups is 1. The van der Waals surface area contributed by atoms with Gasteiger partial charge in [0.05, 0.1) is 18.5 Å². The van der Waals surface area contributed by atoms with Crippen LogP contribution in [0.1, 0.15) is 33.1 Å². The molecule has 114 valence electrons. The summed E-state index contributed by atoms with van der Waals surface area (Å²) in [6.07, 6.45) is 1.75. The third-order valence-electron chi connectivity index (χ3n) is 3.74. The van der Waals surface area contributed by atoms with Gasteiger partial charge in [0, 0.05) is 6.61 Å². The third kappa shape index (κ3) is 3.72. The second-order valence-electron chi connectivity index (χ2n) is 5.26. The van der Waals surface area contributed by atoms with Crippen molar-refractivity contribution >= 4 is 11.7 Å². The predicted molar refractivity (Wildman–Crippen MR) is 76.3 cm³/mol. The Labute approximate surface area is 119 Å². The van der Waals surface area contributed by atoms with Crippen molar-refractivity contribution in [1.29, 1.82) is 0 Å². The van der Waals surface area contributed by atoms with E-state index < -0.39 is 12.0 Å². The molecule has 4 N–H and O–H groups in total. The summed E-state index contributed by atoms with van der Waals surface area (Å²) in [4.78, 5) is 15.7. The van der Waals surface area contributed by atoms with Gasteiger partial charge in [0.25, 0.3) is 0 Å². The highest BCUT2D eigenvalue weighted by atomic mass is 16.5. The van der Waals surface area contributed by atoms with Crippen molar-refractivity contribution in [3.05, 3.63) is 11.5 Å². The monoisotopic (exact) mass is 284 g/mol. The summed E-state index contributed by atoms with van der Waals surface area (Å²) >= 11 is 0. The van der Waals surface area contributed by atoms with Gasteiger partial charge < -0.3 is 20.7 Å². The number of nitrogens with zero attached hydrogens (tertiary/aromatic N) is 1. The Morgan fingerprint density at radius 3 is 2.65 bits per heavy atom. The first-order valence-electron chi connectivity index (χ1n) is 6.87. The first-order valence-corrected chi connectivity index (χ1v) is 6.87. The number of methoxy groups -OCH3 is 1. The van der Waals surface area contributed by atoms with Gasteiger partial charge in [0.15, 0.2) is 5.76 Å². The van der Waals surface area contributed by atoms with E-state index in [2.05, 4.69) is 4.99 Å². The topological polar surface area (TPSA) is 105 Å². The van der Waals surface area contributed by atoms with Gasteiger partial charge in [-0.15, -0.1) is 0 Å². The predicted octanol–water partition coefficient (Wildman–Crippen LogP) is 1.15. The number of ether oxygens (including phenoxy) is 1. The highest BCUT2D eigenvalue weighted by molar-refractivity contribution is 6.01. The van der Waals surface area contributed by atoms with Crippen LogP contribution in [0.25, 0.3) is 0 Å². The van der Waals surface area contributed by atoms with Crippen LogP contribution >= 0.6 is 0 Å². The smallest absolute Gasteiger partial charge is 0.328 e. The first kappa shape index (κ1) is 16.5. The molecule has 0 bridgehead atoms. The molecule has 0 spiro atoms. The van der Waals surface area contributed by atoms with Crippen LogP contribution in [0.3, 0.4) is 0 Å². The number of rotatable bonds is 6. The molecule has 1 aliphatic rings. The lowest BCUT2D eigenvalue weighted by molar-refractivity contribution is -0.139. The van der Waals surface area contributed by atoms with E-state index in [1.807, 2.05) is 13.8 Å². The van der Waals surface area contributed by atoms with Gasteiger partial charge >= 0.3 is 5.97 Å². The summed E-state index contributed by atoms with van der Waals surface area (Å²) in [5.41, 5.74) is 6.98. The summed E-state index contributed by atoms with van der Waals surface area (Å²) in [7, 11) is 1.50. The van der Waals surface area contributed by atoms with Crippen LogP contribution in [0, 0.1) is 11.8 Å². The quantitative estimate of drug-likeness (QED) is 0.678. The highest BCUT2D eigenvalue weighted by Crippen LogP contribution is 2.26. The average molecular weight is 284 g/mol. The van der Waals surface area contributed by atoms with E-state index in [9.17, 15) is 15.0 Å². The van der Waals surface area contributed by atoms with Gasteiger partial charge in [-0.25, -0.2) is 4.79 Å². The van der Waals surface area contributed by atoms with Gasteiger partial charge in [0.2, 0.25) is 0 Å². The molecule has 3 atom stereocenters. The Kier molecular flexibility index (Phi) is 6.01. The van der Waals surface area contributed by atoms with E-state index in [4.69, 9.17) is 10.5 Å². The first-order chi connectivity index (χ1) is 9.44. The fourth-order valence-corrected chi connectivity index (χ4v) is 2.33. The van der Waals surface area contributed by atoms with E-state index in [1.165, 1.54) is 7.11 Å². The molecule has 1 aliphatic carbocycles. The zero-order valence-corrected chi connectivity index (χ0v) is 12.3. The second-order valence-corrected chi connectivity index (χ2v) is 5.26. The molecule has 6 heteroatoms. The minimum absolute atomic E-state index is 0.00220. The third-order valence-corrected chi connectivity index (χ3v) is 3.74. The molecule has 0 aromatic rings. The Morgan fingerprint density at radius 1 is 1.55 bits per heavy atom. The Morgan fingerprint density at radius 2 is 2.20 bits per heavy atom. The number of aliphatic hydroxyl groups is 1. The number of carboxylic acid groups (broad SMARTS) is 1. The Bertz CT molecular complexity index is 417. The molecular formula is C14H24N2O4. The number of carboxylic acids is 1. The molecule has 0 aromatic carbocycles. The molecule has 1 rings (SSSR count). The molecule has 0 fully saturated rings. The maximum absolute atomic E-state index is 11.4. The van der Waals surface area contributed by atoms with Crippen molar-refractivity contribution in [3.63, 3.8) is 0 Å². The number of nitrogens with two attached hydrogens (primary N) is 1. The lowest BCUT2D eigenvalue weighted by Gasteiger charge is -2.26. The fraction of sp³-hybridized carbons (Fsp3) is 0.714. The molecule has 0 radical (unpaired) electrons. The van der Waals surface area contributed by atoms with Gasteiger partial charge in [-0.3, -0.25) is 4.99 Å². The maximum atomic E-state index is 11.4. The molecule has 0 aliphatic heterocycles. The maximum Gasteiger partial charge on any atom is 0.328 e. The van der Waals surface area contributed by atoms with E-state index in [0.29, 0.717) is 30.0 Å². The fourth-order valence-electron chi connectivity index (χ4n) is 2.33. The molecule has 0 heterocycles. The molecule has 6 nitrogen and oxygen atoms in total. The van der Waals surface area contributed by atoms with E-state index in [1.54, 1.807) is 0 Å². The van der Waals surface area contributed by atoms with Crippen LogP contribution in [0.15, 0.2) is 16.4 Å². The largest absolute Gasteiger partial charge is 0.493 e. The summed E-state index contributed by atoms with van der Waals surface area (Å²) in [6, 6.07) is -0.814. The highest BCUT2D eigenvalue weighted by Gasteiger charge is 2.29. The van der Waals surface area contributed by atoms with Gasteiger partial charge in [-0.2, -0.15) is 0 Å². The number of allylic oxidation sites excluding steroid dienone is 2. The molecule has 0 saturated heterocycles. The number of aliphatic imine (C=N–C) groups is 1. The number of aliphatic carboxylic acids is 1. The minimum Gasteiger partial charge on any atom is -0.493 e. The van der Waals surface area contributed by atoms with Gasteiger partial charge in [0.1, 0.15) is 6.04 Å². The van der Waals surface area contributed by atoms with E-state index in [-0.39, 0.29) is 18.4 Å². The molecule has 0 saturated carbocycles. The van der Waals surface area contributed by atoms with Crippen molar-refractivity contribution in [2.75, 3.05) is 13.7 Å². The summed E-state index contributed by atoms with van der Waals surface area (Å²) in [5, 5.41) is 18.6. The summed E-state index contributed by atoms with van der Waals surface area (Å²) in [5.74, 6) is -0.593. The molecule has 0 amide bonds. The van der Waals surface area contributed by atoms with Crippen molar-refractivity contribution in [3.8, 4) is 0 Å². The number of aliphatic hydroxyl groups excluding tert-OH is 1. The Balaban J connectivity index is 3.14. The van der Waals surface area contributed by atoms with Crippen LogP contribution in [-0.4, -0.2) is 41.7 Å². The number of hydrogen-bond donors (Lipinski definition) is 3. The second kappa shape index (κ2) is 7.28. The van der Waals surface area contributed by atoms with E-state index in [0.717, 1.165) is 6.42 Å². The Hall–Kier alpha value is -1.56. The van der Waals surface area contributed by atoms with E-state index >= 15 is 0 Å². The zero-order chi connectivity index (χ0) is 15.3. The zero-order valence-electron chi connectivity index (χ0n) is 12.3. The minimum atomic E-state index is -0.952.